The summed E-state index contributed by atoms with van der Waals surface area (Å²) in [4.78, 5) is 2.27. The first-order valence-electron chi connectivity index (χ1n) is 6.95. The predicted molar refractivity (Wildman–Crippen MR) is 72.2 cm³/mol. The van der Waals surface area contributed by atoms with Crippen LogP contribution in [0.1, 0.15) is 38.4 Å². The van der Waals surface area contributed by atoms with Crippen LogP contribution >= 0.6 is 0 Å². The van der Waals surface area contributed by atoms with Gasteiger partial charge in [-0.05, 0) is 37.9 Å². The molecule has 1 aromatic heterocycles. The Morgan fingerprint density at radius 1 is 1.56 bits per heavy atom. The molecule has 18 heavy (non-hydrogen) atoms. The lowest BCUT2D eigenvalue weighted by Gasteiger charge is -2.41. The van der Waals surface area contributed by atoms with Crippen LogP contribution in [0.15, 0.2) is 22.8 Å². The molecule has 2 atom stereocenters. The van der Waals surface area contributed by atoms with Gasteiger partial charge in [-0.25, -0.2) is 0 Å². The minimum atomic E-state index is 0.0962. The number of rotatable bonds is 5. The summed E-state index contributed by atoms with van der Waals surface area (Å²) < 4.78 is 5.38. The molecule has 1 aliphatic carbocycles. The van der Waals surface area contributed by atoms with Gasteiger partial charge in [0.25, 0.3) is 0 Å². The smallest absolute Gasteiger partial charge is 0.117 e. The average molecular weight is 251 g/mol. The first-order chi connectivity index (χ1) is 8.63. The number of hydrogen-bond acceptors (Lipinski definition) is 3. The molecule has 2 rings (SSSR count). The molecule has 3 heteroatoms. The second-order valence-electron chi connectivity index (χ2n) is 6.11. The Kier molecular flexibility index (Phi) is 4.46. The molecule has 102 valence electrons. The molecule has 1 N–H and O–H groups in total. The first-order valence-corrected chi connectivity index (χ1v) is 6.95. The fraction of sp³-hybridized carbons (Fsp3) is 0.733. The van der Waals surface area contributed by atoms with Crippen molar-refractivity contribution >= 4 is 0 Å². The van der Waals surface area contributed by atoms with Gasteiger partial charge in [-0.3, -0.25) is 4.90 Å². The SMILES string of the molecule is CC1CCCC(CO)(CN(C)Cc2ccco2)C1. The van der Waals surface area contributed by atoms with Gasteiger partial charge < -0.3 is 9.52 Å². The molecule has 0 aromatic carbocycles. The molecule has 0 amide bonds. The molecule has 1 aromatic rings. The molecule has 1 saturated carbocycles. The van der Waals surface area contributed by atoms with Gasteiger partial charge >= 0.3 is 0 Å². The molecule has 0 saturated heterocycles. The van der Waals surface area contributed by atoms with Crippen LogP contribution in [-0.2, 0) is 6.54 Å². The predicted octanol–water partition coefficient (Wildman–Crippen LogP) is 2.90. The Hall–Kier alpha value is -0.800. The lowest BCUT2D eigenvalue weighted by Crippen LogP contribution is -2.41. The minimum absolute atomic E-state index is 0.0962. The highest BCUT2D eigenvalue weighted by atomic mass is 16.3. The molecule has 2 unspecified atom stereocenters. The third kappa shape index (κ3) is 3.36. The van der Waals surface area contributed by atoms with Crippen LogP contribution in [0.2, 0.25) is 0 Å². The van der Waals surface area contributed by atoms with Crippen LogP contribution < -0.4 is 0 Å². The highest BCUT2D eigenvalue weighted by Gasteiger charge is 2.35. The molecule has 3 nitrogen and oxygen atoms in total. The number of hydrogen-bond donors (Lipinski definition) is 1. The molecule has 1 fully saturated rings. The van der Waals surface area contributed by atoms with Gasteiger partial charge in [0.15, 0.2) is 0 Å². The van der Waals surface area contributed by atoms with Gasteiger partial charge in [-0.1, -0.05) is 19.8 Å². The summed E-state index contributed by atoms with van der Waals surface area (Å²) in [6, 6.07) is 3.93. The zero-order valence-corrected chi connectivity index (χ0v) is 11.6. The molecule has 1 heterocycles. The van der Waals surface area contributed by atoms with Crippen molar-refractivity contribution < 1.29 is 9.52 Å². The number of furan rings is 1. The summed E-state index contributed by atoms with van der Waals surface area (Å²) in [6.45, 7) is 4.38. The van der Waals surface area contributed by atoms with E-state index < -0.39 is 0 Å². The van der Waals surface area contributed by atoms with Crippen molar-refractivity contribution in [2.45, 2.75) is 39.2 Å². The van der Waals surface area contributed by atoms with E-state index in [9.17, 15) is 5.11 Å². The molecule has 0 spiro atoms. The second-order valence-corrected chi connectivity index (χ2v) is 6.11. The van der Waals surface area contributed by atoms with Crippen molar-refractivity contribution in [3.05, 3.63) is 24.2 Å². The molecular weight excluding hydrogens is 226 g/mol. The van der Waals surface area contributed by atoms with Gasteiger partial charge in [0.2, 0.25) is 0 Å². The van der Waals surface area contributed by atoms with Crippen LogP contribution in [0.3, 0.4) is 0 Å². The molecule has 1 aliphatic rings. The highest BCUT2D eigenvalue weighted by Crippen LogP contribution is 2.39. The second kappa shape index (κ2) is 5.89. The van der Waals surface area contributed by atoms with E-state index >= 15 is 0 Å². The Morgan fingerprint density at radius 2 is 2.39 bits per heavy atom. The highest BCUT2D eigenvalue weighted by molar-refractivity contribution is 4.98. The molecule has 0 radical (unpaired) electrons. The normalized spacial score (nSPS) is 28.8. The lowest BCUT2D eigenvalue weighted by atomic mass is 9.70. The Balaban J connectivity index is 1.92. The van der Waals surface area contributed by atoms with Gasteiger partial charge in [-0.2, -0.15) is 0 Å². The molecule has 0 aliphatic heterocycles. The van der Waals surface area contributed by atoms with E-state index in [2.05, 4.69) is 18.9 Å². The van der Waals surface area contributed by atoms with Gasteiger partial charge in [0.1, 0.15) is 5.76 Å². The zero-order chi connectivity index (χ0) is 13.0. The lowest BCUT2D eigenvalue weighted by molar-refractivity contribution is 0.0276. The van der Waals surface area contributed by atoms with Crippen LogP contribution in [0, 0.1) is 11.3 Å². The fourth-order valence-electron chi connectivity index (χ4n) is 3.40. The van der Waals surface area contributed by atoms with Crippen molar-refractivity contribution in [2.75, 3.05) is 20.2 Å². The van der Waals surface area contributed by atoms with E-state index in [1.54, 1.807) is 6.26 Å². The average Bonchev–Trinajstić information content (AvgIpc) is 2.81. The van der Waals surface area contributed by atoms with Crippen molar-refractivity contribution in [1.29, 1.82) is 0 Å². The van der Waals surface area contributed by atoms with Gasteiger partial charge in [0, 0.05) is 18.6 Å². The minimum Gasteiger partial charge on any atom is -0.468 e. The fourth-order valence-corrected chi connectivity index (χ4v) is 3.40. The third-order valence-electron chi connectivity index (χ3n) is 4.13. The Labute approximate surface area is 110 Å². The van der Waals surface area contributed by atoms with Crippen LogP contribution in [0.5, 0.6) is 0 Å². The van der Waals surface area contributed by atoms with Crippen LogP contribution in [-0.4, -0.2) is 30.2 Å². The van der Waals surface area contributed by atoms with Crippen molar-refractivity contribution in [3.63, 3.8) is 0 Å². The maximum atomic E-state index is 9.78. The zero-order valence-electron chi connectivity index (χ0n) is 11.6. The number of aliphatic hydroxyl groups is 1. The van der Waals surface area contributed by atoms with E-state index in [4.69, 9.17) is 4.42 Å². The topological polar surface area (TPSA) is 36.6 Å². The van der Waals surface area contributed by atoms with E-state index in [1.165, 1.54) is 12.8 Å². The van der Waals surface area contributed by atoms with Crippen LogP contribution in [0.25, 0.3) is 0 Å². The summed E-state index contributed by atoms with van der Waals surface area (Å²) in [5.74, 6) is 1.73. The van der Waals surface area contributed by atoms with E-state index in [-0.39, 0.29) is 5.41 Å². The van der Waals surface area contributed by atoms with Crippen molar-refractivity contribution in [3.8, 4) is 0 Å². The van der Waals surface area contributed by atoms with E-state index in [0.29, 0.717) is 6.61 Å². The summed E-state index contributed by atoms with van der Waals surface area (Å²) in [7, 11) is 2.11. The standard InChI is InChI=1S/C15H25NO2/c1-13-5-3-7-15(9-13,12-17)11-16(2)10-14-6-4-8-18-14/h4,6,8,13,17H,3,5,7,9-12H2,1-2H3. The third-order valence-corrected chi connectivity index (χ3v) is 4.13. The Bertz CT molecular complexity index is 349. The van der Waals surface area contributed by atoms with E-state index in [1.807, 2.05) is 12.1 Å². The first kappa shape index (κ1) is 13.6. The quantitative estimate of drug-likeness (QED) is 0.874. The number of nitrogens with zero attached hydrogens (tertiary/aromatic N) is 1. The summed E-state index contributed by atoms with van der Waals surface area (Å²) in [6.07, 6.45) is 6.57. The summed E-state index contributed by atoms with van der Waals surface area (Å²) in [5.41, 5.74) is 0.0962. The van der Waals surface area contributed by atoms with Gasteiger partial charge in [-0.15, -0.1) is 0 Å². The van der Waals surface area contributed by atoms with Crippen molar-refractivity contribution in [2.24, 2.45) is 11.3 Å². The monoisotopic (exact) mass is 251 g/mol. The van der Waals surface area contributed by atoms with Crippen molar-refractivity contribution in [1.82, 2.24) is 4.90 Å². The summed E-state index contributed by atoms with van der Waals surface area (Å²) in [5, 5.41) is 9.78. The Morgan fingerprint density at radius 3 is 3.00 bits per heavy atom. The number of aliphatic hydroxyl groups excluding tert-OH is 1. The summed E-state index contributed by atoms with van der Waals surface area (Å²) >= 11 is 0. The largest absolute Gasteiger partial charge is 0.468 e. The van der Waals surface area contributed by atoms with Gasteiger partial charge in [0.05, 0.1) is 12.8 Å². The molecule has 0 bridgehead atoms. The van der Waals surface area contributed by atoms with Crippen LogP contribution in [0.4, 0.5) is 0 Å². The molecular formula is C15H25NO2. The maximum absolute atomic E-state index is 9.78. The maximum Gasteiger partial charge on any atom is 0.117 e. The van der Waals surface area contributed by atoms with E-state index in [0.717, 1.165) is 37.6 Å².